The second kappa shape index (κ2) is 5.87. The maximum absolute atomic E-state index is 12.2. The van der Waals surface area contributed by atoms with E-state index in [4.69, 9.17) is 4.74 Å². The average Bonchev–Trinajstić information content (AvgIpc) is 2.55. The maximum Gasteiger partial charge on any atom is 0.311 e. The molecule has 0 spiro atoms. The van der Waals surface area contributed by atoms with Crippen LogP contribution in [-0.4, -0.2) is 21.0 Å². The summed E-state index contributed by atoms with van der Waals surface area (Å²) < 4.78 is 6.25. The summed E-state index contributed by atoms with van der Waals surface area (Å²) in [5.41, 5.74) is 0.222. The minimum atomic E-state index is -0.308. The average molecular weight is 285 g/mol. The molecule has 0 aliphatic heterocycles. The molecule has 1 aromatic carbocycles. The lowest BCUT2D eigenvalue weighted by atomic mass is 9.95. The van der Waals surface area contributed by atoms with E-state index in [1.54, 1.807) is 24.3 Å². The van der Waals surface area contributed by atoms with E-state index in [9.17, 15) is 9.59 Å². The lowest BCUT2D eigenvalue weighted by Crippen LogP contribution is -2.28. The molecule has 0 fully saturated rings. The van der Waals surface area contributed by atoms with Crippen LogP contribution in [0.4, 0.5) is 0 Å². The van der Waals surface area contributed by atoms with Gasteiger partial charge in [-0.25, -0.2) is 0 Å². The first-order valence-electron chi connectivity index (χ1n) is 6.90. The first-order chi connectivity index (χ1) is 10.3. The van der Waals surface area contributed by atoms with Crippen molar-refractivity contribution in [3.8, 4) is 0 Å². The second-order valence-corrected chi connectivity index (χ2v) is 4.99. The van der Waals surface area contributed by atoms with Crippen LogP contribution in [0.1, 0.15) is 19.3 Å². The molecular weight excluding hydrogens is 270 g/mol. The zero-order chi connectivity index (χ0) is 14.7. The van der Waals surface area contributed by atoms with Crippen molar-refractivity contribution in [2.24, 2.45) is 5.92 Å². The predicted octanol–water partition coefficient (Wildman–Crippen LogP) is 1.65. The van der Waals surface area contributed by atoms with Crippen LogP contribution in [0.3, 0.4) is 0 Å². The number of carbonyl (C=O) groups excluding carboxylic acids is 1. The Kier molecular flexibility index (Phi) is 3.77. The van der Waals surface area contributed by atoms with Gasteiger partial charge >= 0.3 is 5.97 Å². The number of hydrogen-bond donors (Lipinski definition) is 0. The Bertz CT molecular complexity index is 751. The van der Waals surface area contributed by atoms with E-state index in [-0.39, 0.29) is 24.2 Å². The Labute approximate surface area is 121 Å². The zero-order valence-corrected chi connectivity index (χ0v) is 11.4. The van der Waals surface area contributed by atoms with Gasteiger partial charge in [0.05, 0.1) is 11.3 Å². The number of benzene rings is 1. The molecule has 0 bridgehead atoms. The Morgan fingerprint density at radius 3 is 3.00 bits per heavy atom. The van der Waals surface area contributed by atoms with Crippen LogP contribution in [0.2, 0.25) is 0 Å². The third kappa shape index (κ3) is 2.84. The fraction of sp³-hybridized carbons (Fsp3) is 0.333. The number of ether oxygens (including phenoxy) is 1. The second-order valence-electron chi connectivity index (χ2n) is 4.99. The van der Waals surface area contributed by atoms with Crippen LogP contribution < -0.4 is 5.56 Å². The number of aromatic nitrogens is 3. The van der Waals surface area contributed by atoms with E-state index in [0.717, 1.165) is 17.5 Å². The van der Waals surface area contributed by atoms with Crippen molar-refractivity contribution < 1.29 is 9.53 Å². The van der Waals surface area contributed by atoms with Crippen LogP contribution >= 0.6 is 0 Å². The molecule has 1 aliphatic carbocycles. The smallest absolute Gasteiger partial charge is 0.311 e. The van der Waals surface area contributed by atoms with E-state index in [1.165, 1.54) is 0 Å². The molecule has 1 aliphatic rings. The third-order valence-corrected chi connectivity index (χ3v) is 3.56. The number of rotatable bonds is 3. The van der Waals surface area contributed by atoms with Gasteiger partial charge in [-0.05, 0) is 31.4 Å². The molecule has 1 atom stereocenters. The molecule has 6 nitrogen and oxygen atoms in total. The highest BCUT2D eigenvalue weighted by atomic mass is 16.5. The SMILES string of the molecule is O=C(OCn1nnc2ccccc2c1=O)[C@H]1CC=CCC1. The van der Waals surface area contributed by atoms with Crippen molar-refractivity contribution in [1.82, 2.24) is 15.0 Å². The number of fused-ring (bicyclic) bond motifs is 1. The first kappa shape index (κ1) is 13.5. The van der Waals surface area contributed by atoms with E-state index in [2.05, 4.69) is 16.4 Å². The molecule has 0 saturated heterocycles. The number of carbonyl (C=O) groups is 1. The van der Waals surface area contributed by atoms with Crippen molar-refractivity contribution in [2.75, 3.05) is 0 Å². The number of hydrogen-bond acceptors (Lipinski definition) is 5. The summed E-state index contributed by atoms with van der Waals surface area (Å²) in [5.74, 6) is -0.416. The van der Waals surface area contributed by atoms with Gasteiger partial charge in [-0.3, -0.25) is 9.59 Å². The molecule has 3 rings (SSSR count). The van der Waals surface area contributed by atoms with E-state index < -0.39 is 0 Å². The highest BCUT2D eigenvalue weighted by Gasteiger charge is 2.20. The van der Waals surface area contributed by atoms with Gasteiger partial charge < -0.3 is 4.74 Å². The molecule has 0 unspecified atom stereocenters. The Morgan fingerprint density at radius 1 is 1.33 bits per heavy atom. The fourth-order valence-corrected chi connectivity index (χ4v) is 2.36. The number of nitrogens with zero attached hydrogens (tertiary/aromatic N) is 3. The van der Waals surface area contributed by atoms with Crippen LogP contribution in [0.15, 0.2) is 41.2 Å². The van der Waals surface area contributed by atoms with Crippen molar-refractivity contribution in [1.29, 1.82) is 0 Å². The maximum atomic E-state index is 12.2. The van der Waals surface area contributed by atoms with Crippen LogP contribution in [0, 0.1) is 5.92 Å². The van der Waals surface area contributed by atoms with Crippen LogP contribution in [-0.2, 0) is 16.3 Å². The molecule has 1 aromatic heterocycles. The Morgan fingerprint density at radius 2 is 2.19 bits per heavy atom. The summed E-state index contributed by atoms with van der Waals surface area (Å²) in [6.07, 6.45) is 6.40. The summed E-state index contributed by atoms with van der Waals surface area (Å²) in [4.78, 5) is 24.1. The van der Waals surface area contributed by atoms with E-state index in [1.807, 2.05) is 6.08 Å². The van der Waals surface area contributed by atoms with Crippen molar-refractivity contribution in [2.45, 2.75) is 26.0 Å². The molecule has 0 N–H and O–H groups in total. The van der Waals surface area contributed by atoms with Crippen LogP contribution in [0.5, 0.6) is 0 Å². The largest absolute Gasteiger partial charge is 0.442 e. The molecular formula is C15H15N3O3. The van der Waals surface area contributed by atoms with Crippen LogP contribution in [0.25, 0.3) is 10.9 Å². The highest BCUT2D eigenvalue weighted by Crippen LogP contribution is 2.19. The topological polar surface area (TPSA) is 74.1 Å². The third-order valence-electron chi connectivity index (χ3n) is 3.56. The van der Waals surface area contributed by atoms with Gasteiger partial charge in [0.1, 0.15) is 5.52 Å². The molecule has 1 heterocycles. The Hall–Kier alpha value is -2.50. The van der Waals surface area contributed by atoms with Gasteiger partial charge in [0.15, 0.2) is 6.73 Å². The van der Waals surface area contributed by atoms with Gasteiger partial charge in [-0.1, -0.05) is 29.5 Å². The summed E-state index contributed by atoms with van der Waals surface area (Å²) in [6, 6.07) is 6.94. The van der Waals surface area contributed by atoms with Gasteiger partial charge in [0.2, 0.25) is 0 Å². The van der Waals surface area contributed by atoms with E-state index >= 15 is 0 Å². The number of esters is 1. The molecule has 6 heteroatoms. The molecule has 108 valence electrons. The van der Waals surface area contributed by atoms with Gasteiger partial charge in [0, 0.05) is 0 Å². The summed E-state index contributed by atoms with van der Waals surface area (Å²) >= 11 is 0. The summed E-state index contributed by atoms with van der Waals surface area (Å²) in [7, 11) is 0. The predicted molar refractivity (Wildman–Crippen MR) is 76.4 cm³/mol. The molecule has 2 aromatic rings. The van der Waals surface area contributed by atoms with Gasteiger partial charge in [0.25, 0.3) is 5.56 Å². The fourth-order valence-electron chi connectivity index (χ4n) is 2.36. The summed E-state index contributed by atoms with van der Waals surface area (Å²) in [5, 5.41) is 8.19. The Balaban J connectivity index is 1.73. The van der Waals surface area contributed by atoms with Gasteiger partial charge in [-0.15, -0.1) is 5.10 Å². The molecule has 21 heavy (non-hydrogen) atoms. The monoisotopic (exact) mass is 285 g/mol. The standard InChI is InChI=1S/C15H15N3O3/c19-14-12-8-4-5-9-13(12)16-17-18(14)10-21-15(20)11-6-2-1-3-7-11/h1-2,4-5,8-9,11H,3,6-7,10H2/t11-/m0/s1. The quantitative estimate of drug-likeness (QED) is 0.633. The number of allylic oxidation sites excluding steroid dienone is 2. The van der Waals surface area contributed by atoms with Gasteiger partial charge in [-0.2, -0.15) is 4.68 Å². The zero-order valence-electron chi connectivity index (χ0n) is 11.4. The van der Waals surface area contributed by atoms with Crippen molar-refractivity contribution in [3.63, 3.8) is 0 Å². The molecule has 0 amide bonds. The minimum absolute atomic E-state index is 0.126. The van der Waals surface area contributed by atoms with Crippen molar-refractivity contribution >= 4 is 16.9 Å². The van der Waals surface area contributed by atoms with E-state index in [0.29, 0.717) is 17.3 Å². The molecule has 0 saturated carbocycles. The lowest BCUT2D eigenvalue weighted by Gasteiger charge is -2.16. The summed E-state index contributed by atoms with van der Waals surface area (Å²) in [6.45, 7) is -0.199. The minimum Gasteiger partial charge on any atom is -0.442 e. The lowest BCUT2D eigenvalue weighted by molar-refractivity contribution is -0.153. The van der Waals surface area contributed by atoms with Crippen molar-refractivity contribution in [3.05, 3.63) is 46.8 Å². The highest BCUT2D eigenvalue weighted by molar-refractivity contribution is 5.76. The first-order valence-corrected chi connectivity index (χ1v) is 6.90. The normalized spacial score (nSPS) is 17.8. The molecule has 0 radical (unpaired) electrons.